The lowest BCUT2D eigenvalue weighted by molar-refractivity contribution is 0.412. The van der Waals surface area contributed by atoms with Crippen LogP contribution in [0.1, 0.15) is 18.1 Å². The molecule has 2 rings (SSSR count). The fraction of sp³-hybridized carbons (Fsp3) is 0.294. The summed E-state index contributed by atoms with van der Waals surface area (Å²) >= 11 is 0. The van der Waals surface area contributed by atoms with Gasteiger partial charge >= 0.3 is 0 Å². The zero-order valence-electron chi connectivity index (χ0n) is 11.9. The van der Waals surface area contributed by atoms with Crippen LogP contribution in [0.2, 0.25) is 0 Å². The molecular weight excluding hydrogens is 234 g/mol. The molecule has 0 aromatic heterocycles. The molecule has 0 spiro atoms. The number of hydrogen-bond acceptors (Lipinski definition) is 2. The van der Waals surface area contributed by atoms with Gasteiger partial charge in [-0.15, -0.1) is 0 Å². The van der Waals surface area contributed by atoms with Crippen LogP contribution in [0.25, 0.3) is 11.1 Å². The fourth-order valence-corrected chi connectivity index (χ4v) is 2.14. The van der Waals surface area contributed by atoms with Gasteiger partial charge in [0.05, 0.1) is 7.11 Å². The zero-order chi connectivity index (χ0) is 13.7. The summed E-state index contributed by atoms with van der Waals surface area (Å²) in [4.78, 5) is 0. The maximum absolute atomic E-state index is 5.29. The number of aryl methyl sites for hydroxylation is 1. The van der Waals surface area contributed by atoms with Gasteiger partial charge in [-0.1, -0.05) is 37.3 Å². The Morgan fingerprint density at radius 1 is 1.00 bits per heavy atom. The van der Waals surface area contributed by atoms with Crippen molar-refractivity contribution in [2.75, 3.05) is 13.7 Å². The molecule has 0 aliphatic rings. The Labute approximate surface area is 115 Å². The van der Waals surface area contributed by atoms with Crippen molar-refractivity contribution in [2.24, 2.45) is 0 Å². The molecule has 0 amide bonds. The van der Waals surface area contributed by atoms with Crippen molar-refractivity contribution in [3.63, 3.8) is 0 Å². The number of methoxy groups -OCH3 is 1. The van der Waals surface area contributed by atoms with Crippen LogP contribution in [0.4, 0.5) is 0 Å². The maximum Gasteiger partial charge on any atom is 0.121 e. The van der Waals surface area contributed by atoms with Gasteiger partial charge in [0.25, 0.3) is 0 Å². The summed E-state index contributed by atoms with van der Waals surface area (Å²) in [7, 11) is 1.71. The first-order valence-corrected chi connectivity index (χ1v) is 6.69. The highest BCUT2D eigenvalue weighted by atomic mass is 16.5. The molecule has 0 saturated heterocycles. The van der Waals surface area contributed by atoms with Crippen molar-refractivity contribution in [3.8, 4) is 16.9 Å². The van der Waals surface area contributed by atoms with E-state index in [4.69, 9.17) is 4.74 Å². The van der Waals surface area contributed by atoms with Crippen LogP contribution >= 0.6 is 0 Å². The Balaban J connectivity index is 2.19. The largest absolute Gasteiger partial charge is 0.496 e. The monoisotopic (exact) mass is 255 g/mol. The number of benzene rings is 2. The normalized spacial score (nSPS) is 10.5. The molecule has 0 aliphatic carbocycles. The van der Waals surface area contributed by atoms with Crippen molar-refractivity contribution < 1.29 is 4.74 Å². The minimum absolute atomic E-state index is 0.929. The van der Waals surface area contributed by atoms with Crippen LogP contribution in [-0.2, 0) is 6.54 Å². The standard InChI is InChI=1S/C17H21NO/c1-4-18-12-14-5-7-15(8-6-14)16-9-10-17(19-3)13(2)11-16/h5-11,18H,4,12H2,1-3H3. The maximum atomic E-state index is 5.29. The summed E-state index contributed by atoms with van der Waals surface area (Å²) in [6.07, 6.45) is 0. The summed E-state index contributed by atoms with van der Waals surface area (Å²) in [5.74, 6) is 0.938. The second-order valence-electron chi connectivity index (χ2n) is 4.66. The van der Waals surface area contributed by atoms with Gasteiger partial charge in [0, 0.05) is 6.54 Å². The molecule has 0 fully saturated rings. The second kappa shape index (κ2) is 6.39. The lowest BCUT2D eigenvalue weighted by Crippen LogP contribution is -2.11. The van der Waals surface area contributed by atoms with Crippen molar-refractivity contribution >= 4 is 0 Å². The molecule has 2 heteroatoms. The third-order valence-corrected chi connectivity index (χ3v) is 3.26. The molecule has 2 aromatic rings. The Morgan fingerprint density at radius 3 is 2.26 bits per heavy atom. The Hall–Kier alpha value is -1.80. The Kier molecular flexibility index (Phi) is 4.58. The molecule has 0 saturated carbocycles. The molecule has 100 valence electrons. The quantitative estimate of drug-likeness (QED) is 0.878. The molecular formula is C17H21NO. The van der Waals surface area contributed by atoms with Gasteiger partial charge in [-0.3, -0.25) is 0 Å². The van der Waals surface area contributed by atoms with Crippen LogP contribution in [0.5, 0.6) is 5.75 Å². The number of nitrogens with one attached hydrogen (secondary N) is 1. The molecule has 0 aliphatic heterocycles. The van der Waals surface area contributed by atoms with E-state index in [9.17, 15) is 0 Å². The Bertz CT molecular complexity index is 531. The van der Waals surface area contributed by atoms with Crippen LogP contribution in [0.15, 0.2) is 42.5 Å². The first-order chi connectivity index (χ1) is 9.24. The van der Waals surface area contributed by atoms with Gasteiger partial charge in [-0.05, 0) is 47.9 Å². The summed E-state index contributed by atoms with van der Waals surface area (Å²) in [5.41, 5.74) is 4.95. The van der Waals surface area contributed by atoms with Crippen LogP contribution in [0.3, 0.4) is 0 Å². The van der Waals surface area contributed by atoms with Crippen molar-refractivity contribution in [3.05, 3.63) is 53.6 Å². The molecule has 2 aromatic carbocycles. The predicted molar refractivity (Wildman–Crippen MR) is 80.5 cm³/mol. The summed E-state index contributed by atoms with van der Waals surface area (Å²) < 4.78 is 5.29. The highest BCUT2D eigenvalue weighted by Gasteiger charge is 2.02. The van der Waals surface area contributed by atoms with E-state index in [1.807, 2.05) is 6.07 Å². The van der Waals surface area contributed by atoms with Crippen molar-refractivity contribution in [1.29, 1.82) is 0 Å². The molecule has 0 heterocycles. The molecule has 2 nitrogen and oxygen atoms in total. The Morgan fingerprint density at radius 2 is 1.68 bits per heavy atom. The average molecular weight is 255 g/mol. The number of rotatable bonds is 5. The number of ether oxygens (including phenoxy) is 1. The molecule has 19 heavy (non-hydrogen) atoms. The van der Waals surface area contributed by atoms with Gasteiger partial charge in [-0.25, -0.2) is 0 Å². The van der Waals surface area contributed by atoms with E-state index in [-0.39, 0.29) is 0 Å². The SMILES string of the molecule is CCNCc1ccc(-c2ccc(OC)c(C)c2)cc1. The first-order valence-electron chi connectivity index (χ1n) is 6.69. The van der Waals surface area contributed by atoms with Gasteiger partial charge in [-0.2, -0.15) is 0 Å². The third-order valence-electron chi connectivity index (χ3n) is 3.26. The van der Waals surface area contributed by atoms with E-state index in [2.05, 4.69) is 55.6 Å². The van der Waals surface area contributed by atoms with E-state index in [1.165, 1.54) is 16.7 Å². The van der Waals surface area contributed by atoms with E-state index in [0.29, 0.717) is 0 Å². The van der Waals surface area contributed by atoms with Crippen LogP contribution in [0, 0.1) is 6.92 Å². The van der Waals surface area contributed by atoms with E-state index in [1.54, 1.807) is 7.11 Å². The molecule has 0 radical (unpaired) electrons. The van der Waals surface area contributed by atoms with Gasteiger partial charge in [0.15, 0.2) is 0 Å². The van der Waals surface area contributed by atoms with E-state index < -0.39 is 0 Å². The van der Waals surface area contributed by atoms with Gasteiger partial charge in [0.1, 0.15) is 5.75 Å². The predicted octanol–water partition coefficient (Wildman–Crippen LogP) is 3.78. The first kappa shape index (κ1) is 13.6. The van der Waals surface area contributed by atoms with Crippen LogP contribution in [-0.4, -0.2) is 13.7 Å². The van der Waals surface area contributed by atoms with Gasteiger partial charge in [0.2, 0.25) is 0 Å². The topological polar surface area (TPSA) is 21.3 Å². The van der Waals surface area contributed by atoms with Crippen molar-refractivity contribution in [2.45, 2.75) is 20.4 Å². The molecule has 0 bridgehead atoms. The lowest BCUT2D eigenvalue weighted by atomic mass is 10.0. The smallest absolute Gasteiger partial charge is 0.121 e. The van der Waals surface area contributed by atoms with Gasteiger partial charge < -0.3 is 10.1 Å². The minimum Gasteiger partial charge on any atom is -0.496 e. The molecule has 1 N–H and O–H groups in total. The summed E-state index contributed by atoms with van der Waals surface area (Å²) in [6.45, 7) is 6.12. The average Bonchev–Trinajstić information content (AvgIpc) is 2.45. The van der Waals surface area contributed by atoms with Crippen molar-refractivity contribution in [1.82, 2.24) is 5.32 Å². The highest BCUT2D eigenvalue weighted by molar-refractivity contribution is 5.65. The minimum atomic E-state index is 0.929. The second-order valence-corrected chi connectivity index (χ2v) is 4.66. The lowest BCUT2D eigenvalue weighted by Gasteiger charge is -2.08. The fourth-order valence-electron chi connectivity index (χ4n) is 2.14. The summed E-state index contributed by atoms with van der Waals surface area (Å²) in [5, 5.41) is 3.33. The molecule has 0 unspecified atom stereocenters. The van der Waals surface area contributed by atoms with Crippen LogP contribution < -0.4 is 10.1 Å². The zero-order valence-corrected chi connectivity index (χ0v) is 11.9. The highest BCUT2D eigenvalue weighted by Crippen LogP contribution is 2.26. The van der Waals surface area contributed by atoms with E-state index in [0.717, 1.165) is 24.4 Å². The number of hydrogen-bond donors (Lipinski definition) is 1. The third kappa shape index (κ3) is 3.36. The molecule has 0 atom stereocenters. The summed E-state index contributed by atoms with van der Waals surface area (Å²) in [6, 6.07) is 15.0. The van der Waals surface area contributed by atoms with E-state index >= 15 is 0 Å².